The van der Waals surface area contributed by atoms with Crippen molar-refractivity contribution in [3.05, 3.63) is 82.8 Å². The summed E-state index contributed by atoms with van der Waals surface area (Å²) >= 11 is 5.89. The Morgan fingerprint density at radius 1 is 1.03 bits per heavy atom. The van der Waals surface area contributed by atoms with Gasteiger partial charge in [-0.15, -0.1) is 0 Å². The molecule has 0 amide bonds. The number of esters is 2. The third-order valence-corrected chi connectivity index (χ3v) is 4.72. The predicted molar refractivity (Wildman–Crippen MR) is 139 cm³/mol. The second-order valence-electron chi connectivity index (χ2n) is 8.01. The molecule has 1 aromatic heterocycles. The van der Waals surface area contributed by atoms with Gasteiger partial charge in [0.25, 0.3) is 0 Å². The fraction of sp³-hybridized carbons (Fsp3) is 0.333. The molecule has 0 bridgehead atoms. The molecule has 1 heterocycles. The smallest absolute Gasteiger partial charge is 0.416 e. The van der Waals surface area contributed by atoms with E-state index in [1.54, 1.807) is 20.0 Å². The molecular formula is C27H31ClF3N3O4. The first-order chi connectivity index (χ1) is 17.8. The topological polar surface area (TPSA) is 104 Å². The van der Waals surface area contributed by atoms with Crippen molar-refractivity contribution in [2.24, 2.45) is 5.73 Å². The summed E-state index contributed by atoms with van der Waals surface area (Å²) in [5.41, 5.74) is 7.40. The Morgan fingerprint density at radius 3 is 2.18 bits per heavy atom. The van der Waals surface area contributed by atoms with Crippen molar-refractivity contribution in [2.75, 3.05) is 13.2 Å². The quantitative estimate of drug-likeness (QED) is 0.297. The summed E-state index contributed by atoms with van der Waals surface area (Å²) in [5.74, 6) is -0.0104. The molecule has 0 spiro atoms. The van der Waals surface area contributed by atoms with Crippen molar-refractivity contribution >= 4 is 23.5 Å². The van der Waals surface area contributed by atoms with E-state index in [2.05, 4.69) is 14.7 Å². The summed E-state index contributed by atoms with van der Waals surface area (Å²) in [6, 6.07) is 14.0. The number of nitrogens with two attached hydrogens (primary N) is 1. The fourth-order valence-corrected chi connectivity index (χ4v) is 2.78. The van der Waals surface area contributed by atoms with Gasteiger partial charge < -0.3 is 15.2 Å². The number of alkyl halides is 3. The summed E-state index contributed by atoms with van der Waals surface area (Å²) in [5, 5.41) is 0.721. The standard InChI is InChI=1S/C11H9ClN2.C8H7F3.C8H15NO4/c1-8-13-6-5-11(14-8)9-3-2-4-10(12)7-9;1-6-2-4-7(5-3-6)8(9,10)11;1-6(9)8(11)13-5-3-4-12-7(2)10/h2-7H,1H3;2-5H,1H3;6H,3-5,9H2,1-2H3. The molecule has 0 saturated heterocycles. The molecule has 1 atom stereocenters. The number of rotatable bonds is 6. The first-order valence-electron chi connectivity index (χ1n) is 11.5. The van der Waals surface area contributed by atoms with Gasteiger partial charge in [-0.3, -0.25) is 9.59 Å². The highest BCUT2D eigenvalue weighted by molar-refractivity contribution is 6.30. The first kappa shape index (κ1) is 32.5. The zero-order valence-corrected chi connectivity index (χ0v) is 22.3. The predicted octanol–water partition coefficient (Wildman–Crippen LogP) is 5.95. The number of aromatic nitrogens is 2. The maximum absolute atomic E-state index is 11.9. The summed E-state index contributed by atoms with van der Waals surface area (Å²) in [6.45, 7) is 6.99. The van der Waals surface area contributed by atoms with Gasteiger partial charge in [-0.25, -0.2) is 9.97 Å². The minimum atomic E-state index is -4.21. The van der Waals surface area contributed by atoms with Crippen LogP contribution >= 0.6 is 11.6 Å². The molecule has 0 radical (unpaired) electrons. The summed E-state index contributed by atoms with van der Waals surface area (Å²) < 4.78 is 45.1. The number of hydrogen-bond donors (Lipinski definition) is 1. The van der Waals surface area contributed by atoms with Crippen molar-refractivity contribution in [2.45, 2.75) is 46.3 Å². The largest absolute Gasteiger partial charge is 0.466 e. The van der Waals surface area contributed by atoms with Gasteiger partial charge in [0.1, 0.15) is 11.9 Å². The Balaban J connectivity index is 0.000000287. The first-order valence-corrected chi connectivity index (χ1v) is 11.9. The minimum Gasteiger partial charge on any atom is -0.466 e. The maximum Gasteiger partial charge on any atom is 0.416 e. The van der Waals surface area contributed by atoms with Gasteiger partial charge in [-0.2, -0.15) is 13.2 Å². The Kier molecular flexibility index (Phi) is 14.0. The van der Waals surface area contributed by atoms with Gasteiger partial charge >= 0.3 is 18.1 Å². The zero-order chi connectivity index (χ0) is 28.7. The number of hydrogen-bond acceptors (Lipinski definition) is 7. The van der Waals surface area contributed by atoms with Crippen LogP contribution in [0.25, 0.3) is 11.3 Å². The van der Waals surface area contributed by atoms with Crippen LogP contribution in [0.4, 0.5) is 13.2 Å². The summed E-state index contributed by atoms with van der Waals surface area (Å²) in [4.78, 5) is 29.4. The molecule has 206 valence electrons. The lowest BCUT2D eigenvalue weighted by molar-refractivity contribution is -0.146. The van der Waals surface area contributed by atoms with Crippen molar-refractivity contribution in [3.8, 4) is 11.3 Å². The second-order valence-corrected chi connectivity index (χ2v) is 8.45. The molecule has 2 aromatic carbocycles. The number of benzene rings is 2. The molecular weight excluding hydrogens is 523 g/mol. The molecule has 0 aliphatic rings. The van der Waals surface area contributed by atoms with E-state index in [1.807, 2.05) is 37.3 Å². The van der Waals surface area contributed by atoms with Crippen LogP contribution in [0.1, 0.15) is 37.2 Å². The van der Waals surface area contributed by atoms with E-state index in [-0.39, 0.29) is 19.2 Å². The lowest BCUT2D eigenvalue weighted by atomic mass is 10.1. The molecule has 1 unspecified atom stereocenters. The minimum absolute atomic E-state index is 0.230. The van der Waals surface area contributed by atoms with Crippen molar-refractivity contribution in [1.29, 1.82) is 0 Å². The Hall–Kier alpha value is -3.50. The van der Waals surface area contributed by atoms with Gasteiger partial charge in [0, 0.05) is 30.1 Å². The molecule has 3 rings (SSSR count). The number of carbonyl (C=O) groups is 2. The van der Waals surface area contributed by atoms with E-state index in [1.165, 1.54) is 19.1 Å². The van der Waals surface area contributed by atoms with Gasteiger partial charge in [0.2, 0.25) is 0 Å². The number of carbonyl (C=O) groups excluding carboxylic acids is 2. The SMILES string of the molecule is CC(=O)OCCCOC(=O)C(C)N.Cc1ccc(C(F)(F)F)cc1.Cc1nccc(-c2cccc(Cl)c2)n1. The maximum atomic E-state index is 11.9. The average molecular weight is 554 g/mol. The highest BCUT2D eigenvalue weighted by atomic mass is 35.5. The van der Waals surface area contributed by atoms with Gasteiger partial charge in [-0.05, 0) is 51.1 Å². The van der Waals surface area contributed by atoms with Crippen molar-refractivity contribution in [1.82, 2.24) is 9.97 Å². The van der Waals surface area contributed by atoms with Gasteiger partial charge in [0.05, 0.1) is 24.5 Å². The van der Waals surface area contributed by atoms with Crippen molar-refractivity contribution in [3.63, 3.8) is 0 Å². The van der Waals surface area contributed by atoms with Crippen LogP contribution in [0, 0.1) is 13.8 Å². The Morgan fingerprint density at radius 2 is 1.66 bits per heavy atom. The highest BCUT2D eigenvalue weighted by Crippen LogP contribution is 2.28. The van der Waals surface area contributed by atoms with Crippen LogP contribution in [0.5, 0.6) is 0 Å². The lowest BCUT2D eigenvalue weighted by Crippen LogP contribution is -2.29. The second kappa shape index (κ2) is 16.4. The van der Waals surface area contributed by atoms with Crippen LogP contribution in [-0.2, 0) is 25.2 Å². The number of aryl methyl sites for hydroxylation is 2. The molecule has 2 N–H and O–H groups in total. The summed E-state index contributed by atoms with van der Waals surface area (Å²) in [6.07, 6.45) is -1.97. The van der Waals surface area contributed by atoms with E-state index >= 15 is 0 Å². The van der Waals surface area contributed by atoms with E-state index < -0.39 is 23.8 Å². The molecule has 7 nitrogen and oxygen atoms in total. The molecule has 0 aliphatic carbocycles. The van der Waals surface area contributed by atoms with Crippen LogP contribution in [0.2, 0.25) is 5.02 Å². The molecule has 0 aliphatic heterocycles. The summed E-state index contributed by atoms with van der Waals surface area (Å²) in [7, 11) is 0. The van der Waals surface area contributed by atoms with Crippen LogP contribution < -0.4 is 5.73 Å². The Bertz CT molecular complexity index is 1110. The average Bonchev–Trinajstić information content (AvgIpc) is 2.84. The molecule has 0 saturated carbocycles. The van der Waals surface area contributed by atoms with Crippen LogP contribution in [0.15, 0.2) is 60.8 Å². The van der Waals surface area contributed by atoms with E-state index in [0.29, 0.717) is 6.42 Å². The van der Waals surface area contributed by atoms with Gasteiger partial charge in [-0.1, -0.05) is 41.4 Å². The van der Waals surface area contributed by atoms with E-state index in [0.717, 1.165) is 39.8 Å². The number of nitrogens with zero attached hydrogens (tertiary/aromatic N) is 2. The van der Waals surface area contributed by atoms with Crippen molar-refractivity contribution < 1.29 is 32.2 Å². The lowest BCUT2D eigenvalue weighted by Gasteiger charge is -2.06. The monoisotopic (exact) mass is 553 g/mol. The van der Waals surface area contributed by atoms with Gasteiger partial charge in [0.15, 0.2) is 0 Å². The fourth-order valence-electron chi connectivity index (χ4n) is 2.59. The third kappa shape index (κ3) is 13.7. The Labute approximate surface area is 225 Å². The number of halogens is 4. The van der Waals surface area contributed by atoms with Crippen LogP contribution in [0.3, 0.4) is 0 Å². The molecule has 11 heteroatoms. The van der Waals surface area contributed by atoms with Crippen LogP contribution in [-0.4, -0.2) is 41.2 Å². The highest BCUT2D eigenvalue weighted by Gasteiger charge is 2.29. The van der Waals surface area contributed by atoms with E-state index in [9.17, 15) is 22.8 Å². The zero-order valence-electron chi connectivity index (χ0n) is 21.6. The molecule has 38 heavy (non-hydrogen) atoms. The number of ether oxygens (including phenoxy) is 2. The molecule has 3 aromatic rings. The van der Waals surface area contributed by atoms with E-state index in [4.69, 9.17) is 22.1 Å². The normalized spacial score (nSPS) is 11.2. The molecule has 0 fully saturated rings. The third-order valence-electron chi connectivity index (χ3n) is 4.49.